The van der Waals surface area contributed by atoms with E-state index in [1.807, 2.05) is 6.07 Å². The zero-order chi connectivity index (χ0) is 13.7. The monoisotopic (exact) mass is 250 g/mol. The highest BCUT2D eigenvalue weighted by Crippen LogP contribution is 2.11. The van der Waals surface area contributed by atoms with Crippen molar-refractivity contribution >= 4 is 11.9 Å². The first-order chi connectivity index (χ1) is 8.43. The van der Waals surface area contributed by atoms with Crippen molar-refractivity contribution in [3.8, 4) is 0 Å². The SMILES string of the molecule is CC(NC(=O)[C@H](N)c1ccccc1)C(C)C(=O)O. The van der Waals surface area contributed by atoms with Gasteiger partial charge in [0, 0.05) is 6.04 Å². The van der Waals surface area contributed by atoms with Crippen LogP contribution in [-0.2, 0) is 9.59 Å². The maximum Gasteiger partial charge on any atom is 0.308 e. The van der Waals surface area contributed by atoms with Gasteiger partial charge in [0.05, 0.1) is 5.92 Å². The van der Waals surface area contributed by atoms with E-state index in [1.54, 1.807) is 38.1 Å². The second-order valence-corrected chi connectivity index (χ2v) is 4.31. The quantitative estimate of drug-likeness (QED) is 0.724. The highest BCUT2D eigenvalue weighted by Gasteiger charge is 2.23. The minimum absolute atomic E-state index is 0.373. The van der Waals surface area contributed by atoms with Crippen molar-refractivity contribution in [2.45, 2.75) is 25.9 Å². The summed E-state index contributed by atoms with van der Waals surface area (Å²) in [6.07, 6.45) is 0. The van der Waals surface area contributed by atoms with Gasteiger partial charge in [0.1, 0.15) is 6.04 Å². The van der Waals surface area contributed by atoms with Gasteiger partial charge in [-0.25, -0.2) is 0 Å². The number of hydrogen-bond donors (Lipinski definition) is 3. The van der Waals surface area contributed by atoms with Gasteiger partial charge in [0.25, 0.3) is 0 Å². The molecular weight excluding hydrogens is 232 g/mol. The van der Waals surface area contributed by atoms with Crippen molar-refractivity contribution in [2.24, 2.45) is 11.7 Å². The topological polar surface area (TPSA) is 92.4 Å². The smallest absolute Gasteiger partial charge is 0.308 e. The highest BCUT2D eigenvalue weighted by atomic mass is 16.4. The van der Waals surface area contributed by atoms with Crippen LogP contribution in [-0.4, -0.2) is 23.0 Å². The molecule has 18 heavy (non-hydrogen) atoms. The van der Waals surface area contributed by atoms with Crippen LogP contribution in [0, 0.1) is 5.92 Å². The first kappa shape index (κ1) is 14.2. The third kappa shape index (κ3) is 3.56. The summed E-state index contributed by atoms with van der Waals surface area (Å²) in [5.74, 6) is -1.98. The van der Waals surface area contributed by atoms with Crippen molar-refractivity contribution in [1.82, 2.24) is 5.32 Å². The number of carbonyl (C=O) groups excluding carboxylic acids is 1. The lowest BCUT2D eigenvalue weighted by Crippen LogP contribution is -2.44. The zero-order valence-electron chi connectivity index (χ0n) is 10.5. The lowest BCUT2D eigenvalue weighted by atomic mass is 10.0. The maximum absolute atomic E-state index is 11.9. The normalized spacial score (nSPS) is 15.5. The third-order valence-corrected chi connectivity index (χ3v) is 2.95. The third-order valence-electron chi connectivity index (χ3n) is 2.95. The summed E-state index contributed by atoms with van der Waals surface area (Å²) < 4.78 is 0. The Balaban J connectivity index is 2.63. The molecule has 98 valence electrons. The van der Waals surface area contributed by atoms with Gasteiger partial charge < -0.3 is 16.2 Å². The van der Waals surface area contributed by atoms with Gasteiger partial charge in [-0.3, -0.25) is 9.59 Å². The molecule has 0 aliphatic carbocycles. The van der Waals surface area contributed by atoms with Crippen LogP contribution < -0.4 is 11.1 Å². The van der Waals surface area contributed by atoms with Crippen LogP contribution in [0.1, 0.15) is 25.5 Å². The molecule has 2 unspecified atom stereocenters. The molecule has 0 fully saturated rings. The van der Waals surface area contributed by atoms with E-state index in [4.69, 9.17) is 10.8 Å². The van der Waals surface area contributed by atoms with E-state index in [-0.39, 0.29) is 5.91 Å². The van der Waals surface area contributed by atoms with Gasteiger partial charge >= 0.3 is 5.97 Å². The van der Waals surface area contributed by atoms with Gasteiger partial charge in [0.15, 0.2) is 0 Å². The average Bonchev–Trinajstić information content (AvgIpc) is 2.37. The lowest BCUT2D eigenvalue weighted by molar-refractivity contribution is -0.142. The van der Waals surface area contributed by atoms with Crippen LogP contribution in [0.2, 0.25) is 0 Å². The minimum atomic E-state index is -0.948. The molecule has 0 aliphatic heterocycles. The molecule has 0 heterocycles. The number of carbonyl (C=O) groups is 2. The molecular formula is C13H18N2O3. The highest BCUT2D eigenvalue weighted by molar-refractivity contribution is 5.83. The van der Waals surface area contributed by atoms with E-state index >= 15 is 0 Å². The van der Waals surface area contributed by atoms with E-state index in [0.29, 0.717) is 5.56 Å². The largest absolute Gasteiger partial charge is 0.481 e. The number of hydrogen-bond acceptors (Lipinski definition) is 3. The fourth-order valence-electron chi connectivity index (χ4n) is 1.46. The van der Waals surface area contributed by atoms with E-state index in [1.165, 1.54) is 0 Å². The summed E-state index contributed by atoms with van der Waals surface area (Å²) in [7, 11) is 0. The number of aliphatic carboxylic acids is 1. The van der Waals surface area contributed by atoms with Crippen molar-refractivity contribution in [2.75, 3.05) is 0 Å². The molecule has 1 amide bonds. The molecule has 0 aromatic heterocycles. The van der Waals surface area contributed by atoms with Gasteiger partial charge in [-0.2, -0.15) is 0 Å². The standard InChI is InChI=1S/C13H18N2O3/c1-8(13(17)18)9(2)15-12(16)11(14)10-6-4-3-5-7-10/h3-9,11H,14H2,1-2H3,(H,15,16)(H,17,18)/t8?,9?,11-/m1/s1. The van der Waals surface area contributed by atoms with Gasteiger partial charge in [0.2, 0.25) is 5.91 Å². The molecule has 5 heteroatoms. The lowest BCUT2D eigenvalue weighted by Gasteiger charge is -2.20. The zero-order valence-corrected chi connectivity index (χ0v) is 10.5. The Kier molecular flexibility index (Phi) is 4.85. The predicted molar refractivity (Wildman–Crippen MR) is 67.8 cm³/mol. The second-order valence-electron chi connectivity index (χ2n) is 4.31. The molecule has 0 aliphatic rings. The molecule has 0 radical (unpaired) electrons. The fraction of sp³-hybridized carbons (Fsp3) is 0.385. The number of carboxylic acid groups (broad SMARTS) is 1. The summed E-state index contributed by atoms with van der Waals surface area (Å²) in [4.78, 5) is 22.6. The Morgan fingerprint density at radius 1 is 1.22 bits per heavy atom. The summed E-state index contributed by atoms with van der Waals surface area (Å²) in [6, 6.07) is 7.70. The van der Waals surface area contributed by atoms with Crippen molar-refractivity contribution in [3.63, 3.8) is 0 Å². The summed E-state index contributed by atoms with van der Waals surface area (Å²) in [6.45, 7) is 3.19. The molecule has 1 aromatic carbocycles. The summed E-state index contributed by atoms with van der Waals surface area (Å²) >= 11 is 0. The number of benzene rings is 1. The average molecular weight is 250 g/mol. The Hall–Kier alpha value is -1.88. The maximum atomic E-state index is 11.9. The van der Waals surface area contributed by atoms with Crippen molar-refractivity contribution in [1.29, 1.82) is 0 Å². The Bertz CT molecular complexity index is 420. The predicted octanol–water partition coefficient (Wildman–Crippen LogP) is 0.912. The van der Waals surface area contributed by atoms with Crippen LogP contribution in [0.5, 0.6) is 0 Å². The van der Waals surface area contributed by atoms with Crippen LogP contribution in [0.25, 0.3) is 0 Å². The molecule has 1 aromatic rings. The molecule has 4 N–H and O–H groups in total. The molecule has 0 bridgehead atoms. The number of amides is 1. The van der Waals surface area contributed by atoms with Gasteiger partial charge in [-0.05, 0) is 19.4 Å². The Morgan fingerprint density at radius 2 is 1.78 bits per heavy atom. The van der Waals surface area contributed by atoms with Crippen molar-refractivity contribution < 1.29 is 14.7 Å². The van der Waals surface area contributed by atoms with Gasteiger partial charge in [-0.15, -0.1) is 0 Å². The number of rotatable bonds is 5. The number of nitrogens with two attached hydrogens (primary N) is 1. The fourth-order valence-corrected chi connectivity index (χ4v) is 1.46. The Morgan fingerprint density at radius 3 is 2.28 bits per heavy atom. The summed E-state index contributed by atoms with van der Waals surface area (Å²) in [5, 5.41) is 11.5. The molecule has 0 spiro atoms. The molecule has 1 rings (SSSR count). The number of carboxylic acids is 1. The van der Waals surface area contributed by atoms with Crippen molar-refractivity contribution in [3.05, 3.63) is 35.9 Å². The Labute approximate surface area is 106 Å². The molecule has 0 saturated heterocycles. The molecule has 0 saturated carbocycles. The molecule has 5 nitrogen and oxygen atoms in total. The van der Waals surface area contributed by atoms with Crippen LogP contribution in [0.3, 0.4) is 0 Å². The summed E-state index contributed by atoms with van der Waals surface area (Å²) in [5.41, 5.74) is 6.50. The van der Waals surface area contributed by atoms with E-state index < -0.39 is 24.0 Å². The van der Waals surface area contributed by atoms with Crippen LogP contribution in [0.4, 0.5) is 0 Å². The molecule has 3 atom stereocenters. The van der Waals surface area contributed by atoms with Crippen LogP contribution >= 0.6 is 0 Å². The number of nitrogens with one attached hydrogen (secondary N) is 1. The first-order valence-electron chi connectivity index (χ1n) is 5.77. The minimum Gasteiger partial charge on any atom is -0.481 e. The first-order valence-corrected chi connectivity index (χ1v) is 5.77. The van der Waals surface area contributed by atoms with E-state index in [9.17, 15) is 9.59 Å². The van der Waals surface area contributed by atoms with Crippen LogP contribution in [0.15, 0.2) is 30.3 Å². The van der Waals surface area contributed by atoms with E-state index in [0.717, 1.165) is 0 Å². The van der Waals surface area contributed by atoms with E-state index in [2.05, 4.69) is 5.32 Å². The van der Waals surface area contributed by atoms with Gasteiger partial charge in [-0.1, -0.05) is 30.3 Å². The second kappa shape index (κ2) is 6.16.